The first kappa shape index (κ1) is 27.5. The van der Waals surface area contributed by atoms with Crippen molar-refractivity contribution >= 4 is 16.9 Å². The van der Waals surface area contributed by atoms with Gasteiger partial charge in [0.05, 0.1) is 24.8 Å². The number of hydrogen-bond donors (Lipinski definition) is 1. The van der Waals surface area contributed by atoms with Crippen LogP contribution >= 0.6 is 0 Å². The highest BCUT2D eigenvalue weighted by molar-refractivity contribution is 5.86. The first-order valence-electron chi connectivity index (χ1n) is 15.1. The molecule has 6 rings (SSSR count). The number of hydrogen-bond acceptors (Lipinski definition) is 3. The third-order valence-electron chi connectivity index (χ3n) is 9.14. The number of amides is 1. The molecule has 4 atom stereocenters. The van der Waals surface area contributed by atoms with Gasteiger partial charge in [-0.05, 0) is 78.7 Å². The zero-order valence-electron chi connectivity index (χ0n) is 23.9. The zero-order valence-corrected chi connectivity index (χ0v) is 23.9. The molecule has 0 radical (unpaired) electrons. The van der Waals surface area contributed by atoms with Gasteiger partial charge >= 0.3 is 6.09 Å². The van der Waals surface area contributed by atoms with Crippen LogP contribution in [0.4, 0.5) is 4.79 Å². The molecule has 1 unspecified atom stereocenters. The molecular formula is C36H40N2O3. The highest BCUT2D eigenvalue weighted by Crippen LogP contribution is 2.39. The standard InChI is InChI=1S/C36H40N2O3/c1-26(31-16-10-14-30-13-6-7-15-32(30)31)38(36(39)40)35-33(37-23-8-3-9-24-37)21-22-34(35)41-25-27-17-19-29(20-18-27)28-11-4-2-5-12-28/h2,4-7,10-20,26,33-35H,3,8-9,21-25H2,1H3,(H,39,40)/t26-,33+,34+,35?/m0/s1. The van der Waals surface area contributed by atoms with Gasteiger partial charge in [0.1, 0.15) is 0 Å². The predicted molar refractivity (Wildman–Crippen MR) is 165 cm³/mol. The maximum absolute atomic E-state index is 13.1. The summed E-state index contributed by atoms with van der Waals surface area (Å²) in [5.74, 6) is 0. The molecule has 1 aliphatic carbocycles. The number of benzene rings is 4. The SMILES string of the molecule is C[C@@H](c1cccc2ccccc12)N(C(=O)O)C1[C@H](N2CCCCC2)CC[C@H]1OCc1ccc(-c2ccccc2)cc1. The lowest BCUT2D eigenvalue weighted by Crippen LogP contribution is -2.56. The van der Waals surface area contributed by atoms with Crippen molar-refractivity contribution < 1.29 is 14.6 Å². The molecule has 5 heteroatoms. The molecule has 5 nitrogen and oxygen atoms in total. The lowest BCUT2D eigenvalue weighted by atomic mass is 9.95. The monoisotopic (exact) mass is 548 g/mol. The van der Waals surface area contributed by atoms with Gasteiger partial charge in [0.25, 0.3) is 0 Å². The van der Waals surface area contributed by atoms with Crippen LogP contribution in [0.1, 0.15) is 56.2 Å². The second kappa shape index (κ2) is 12.5. The van der Waals surface area contributed by atoms with Gasteiger partial charge in [0.15, 0.2) is 0 Å². The van der Waals surface area contributed by atoms with Crippen molar-refractivity contribution in [3.63, 3.8) is 0 Å². The van der Waals surface area contributed by atoms with Crippen LogP contribution in [0.2, 0.25) is 0 Å². The normalized spacial score (nSPS) is 22.0. The largest absolute Gasteiger partial charge is 0.465 e. The molecule has 4 aromatic rings. The van der Waals surface area contributed by atoms with Gasteiger partial charge < -0.3 is 9.84 Å². The fraction of sp³-hybridized carbons (Fsp3) is 0.361. The molecular weight excluding hydrogens is 508 g/mol. The highest BCUT2D eigenvalue weighted by atomic mass is 16.5. The van der Waals surface area contributed by atoms with E-state index in [0.717, 1.165) is 47.8 Å². The van der Waals surface area contributed by atoms with Crippen molar-refractivity contribution in [3.8, 4) is 11.1 Å². The number of nitrogens with zero attached hydrogens (tertiary/aromatic N) is 2. The van der Waals surface area contributed by atoms with E-state index in [4.69, 9.17) is 4.74 Å². The van der Waals surface area contributed by atoms with E-state index in [0.29, 0.717) is 6.61 Å². The van der Waals surface area contributed by atoms with E-state index in [1.165, 1.54) is 30.4 Å². The molecule has 1 aliphatic heterocycles. The molecule has 2 aliphatic rings. The predicted octanol–water partition coefficient (Wildman–Crippen LogP) is 8.15. The molecule has 0 spiro atoms. The minimum Gasteiger partial charge on any atom is -0.465 e. The summed E-state index contributed by atoms with van der Waals surface area (Å²) in [5, 5.41) is 13.0. The molecule has 212 valence electrons. The van der Waals surface area contributed by atoms with Crippen molar-refractivity contribution in [2.45, 2.75) is 69.9 Å². The van der Waals surface area contributed by atoms with E-state index >= 15 is 0 Å². The van der Waals surface area contributed by atoms with Crippen LogP contribution in [0, 0.1) is 0 Å². The molecule has 4 aromatic carbocycles. The Kier molecular flexibility index (Phi) is 8.36. The van der Waals surface area contributed by atoms with E-state index in [1.807, 2.05) is 31.2 Å². The van der Waals surface area contributed by atoms with Crippen molar-refractivity contribution in [2.75, 3.05) is 13.1 Å². The maximum Gasteiger partial charge on any atom is 0.408 e. The number of likely N-dealkylation sites (tertiary alicyclic amines) is 1. The Bertz CT molecular complexity index is 1440. The Morgan fingerprint density at radius 3 is 2.29 bits per heavy atom. The van der Waals surface area contributed by atoms with Gasteiger partial charge in [-0.25, -0.2) is 4.79 Å². The lowest BCUT2D eigenvalue weighted by Gasteiger charge is -2.43. The van der Waals surface area contributed by atoms with Gasteiger partial charge in [-0.3, -0.25) is 9.80 Å². The minimum absolute atomic E-state index is 0.161. The van der Waals surface area contributed by atoms with Crippen LogP contribution in [-0.2, 0) is 11.3 Å². The quantitative estimate of drug-likeness (QED) is 0.241. The number of ether oxygens (including phenoxy) is 1. The topological polar surface area (TPSA) is 53.0 Å². The number of carboxylic acid groups (broad SMARTS) is 1. The highest BCUT2D eigenvalue weighted by Gasteiger charge is 2.47. The average Bonchev–Trinajstić information content (AvgIpc) is 3.44. The van der Waals surface area contributed by atoms with Gasteiger partial charge in [-0.15, -0.1) is 0 Å². The Labute approximate surface area is 243 Å². The van der Waals surface area contributed by atoms with E-state index < -0.39 is 6.09 Å². The first-order valence-corrected chi connectivity index (χ1v) is 15.1. The maximum atomic E-state index is 13.1. The number of carbonyl (C=O) groups is 1. The summed E-state index contributed by atoms with van der Waals surface area (Å²) in [6, 6.07) is 33.0. The van der Waals surface area contributed by atoms with Crippen LogP contribution in [-0.4, -0.2) is 52.3 Å². The summed E-state index contributed by atoms with van der Waals surface area (Å²) >= 11 is 0. The number of fused-ring (bicyclic) bond motifs is 1. The van der Waals surface area contributed by atoms with Gasteiger partial charge in [-0.2, -0.15) is 0 Å². The van der Waals surface area contributed by atoms with Gasteiger partial charge in [0, 0.05) is 6.04 Å². The van der Waals surface area contributed by atoms with E-state index in [9.17, 15) is 9.90 Å². The second-order valence-electron chi connectivity index (χ2n) is 11.6. The van der Waals surface area contributed by atoms with Crippen molar-refractivity contribution in [1.82, 2.24) is 9.80 Å². The lowest BCUT2D eigenvalue weighted by molar-refractivity contribution is -0.0330. The van der Waals surface area contributed by atoms with Gasteiger partial charge in [-0.1, -0.05) is 103 Å². The van der Waals surface area contributed by atoms with E-state index in [-0.39, 0.29) is 24.2 Å². The molecule has 1 heterocycles. The summed E-state index contributed by atoms with van der Waals surface area (Å²) in [6.07, 6.45) is 4.38. The van der Waals surface area contributed by atoms with Crippen LogP contribution in [0.5, 0.6) is 0 Å². The molecule has 0 bridgehead atoms. The molecule has 1 amide bonds. The van der Waals surface area contributed by atoms with Gasteiger partial charge in [0.2, 0.25) is 0 Å². The fourth-order valence-electron chi connectivity index (χ4n) is 7.06. The van der Waals surface area contributed by atoms with Crippen molar-refractivity contribution in [1.29, 1.82) is 0 Å². The fourth-order valence-corrected chi connectivity index (χ4v) is 7.06. The number of piperidine rings is 1. The summed E-state index contributed by atoms with van der Waals surface area (Å²) in [5.41, 5.74) is 4.53. The molecule has 1 N–H and O–H groups in total. The smallest absolute Gasteiger partial charge is 0.408 e. The Morgan fingerprint density at radius 2 is 1.54 bits per heavy atom. The van der Waals surface area contributed by atoms with Crippen LogP contribution < -0.4 is 0 Å². The van der Waals surface area contributed by atoms with Crippen LogP contribution in [0.25, 0.3) is 21.9 Å². The zero-order chi connectivity index (χ0) is 28.2. The summed E-state index contributed by atoms with van der Waals surface area (Å²) in [4.78, 5) is 17.4. The van der Waals surface area contributed by atoms with Crippen molar-refractivity contribution in [3.05, 3.63) is 108 Å². The average molecular weight is 549 g/mol. The summed E-state index contributed by atoms with van der Waals surface area (Å²) in [7, 11) is 0. The Hall–Kier alpha value is -3.67. The Balaban J connectivity index is 1.27. The van der Waals surface area contributed by atoms with Crippen molar-refractivity contribution in [2.24, 2.45) is 0 Å². The molecule has 1 saturated carbocycles. The summed E-state index contributed by atoms with van der Waals surface area (Å²) in [6.45, 7) is 4.58. The second-order valence-corrected chi connectivity index (χ2v) is 11.6. The number of rotatable bonds is 8. The summed E-state index contributed by atoms with van der Waals surface area (Å²) < 4.78 is 6.64. The molecule has 41 heavy (non-hydrogen) atoms. The minimum atomic E-state index is -0.875. The third kappa shape index (κ3) is 5.88. The molecule has 2 fully saturated rings. The first-order chi connectivity index (χ1) is 20.1. The van der Waals surface area contributed by atoms with Crippen LogP contribution in [0.15, 0.2) is 97.1 Å². The Morgan fingerprint density at radius 1 is 0.854 bits per heavy atom. The van der Waals surface area contributed by atoms with E-state index in [1.54, 1.807) is 4.90 Å². The molecule has 0 aromatic heterocycles. The van der Waals surface area contributed by atoms with Crippen LogP contribution in [0.3, 0.4) is 0 Å². The molecule has 1 saturated heterocycles. The third-order valence-corrected chi connectivity index (χ3v) is 9.14. The van der Waals surface area contributed by atoms with E-state index in [2.05, 4.69) is 77.7 Å².